The van der Waals surface area contributed by atoms with Gasteiger partial charge in [-0.1, -0.05) is 0 Å². The summed E-state index contributed by atoms with van der Waals surface area (Å²) < 4.78 is 5.13. The highest BCUT2D eigenvalue weighted by Gasteiger charge is 2.35. The van der Waals surface area contributed by atoms with Crippen LogP contribution in [0, 0.1) is 5.92 Å². The van der Waals surface area contributed by atoms with Gasteiger partial charge >= 0.3 is 11.9 Å². The maximum atomic E-state index is 11.8. The largest absolute Gasteiger partial charge is 0.480 e. The first-order valence-electron chi connectivity index (χ1n) is 5.21. The van der Waals surface area contributed by atoms with Gasteiger partial charge in [0, 0.05) is 16.4 Å². The van der Waals surface area contributed by atoms with Crippen LogP contribution in [-0.2, 0) is 14.3 Å². The Labute approximate surface area is 109 Å². The molecule has 0 bridgehead atoms. The molecular formula is C11H16O4S2. The van der Waals surface area contributed by atoms with Gasteiger partial charge in [0.25, 0.3) is 0 Å². The van der Waals surface area contributed by atoms with E-state index in [9.17, 15) is 9.59 Å². The molecule has 0 aromatic heterocycles. The van der Waals surface area contributed by atoms with Crippen LogP contribution in [0.2, 0.25) is 0 Å². The molecular weight excluding hydrogens is 260 g/mol. The maximum Gasteiger partial charge on any atom is 0.325 e. The number of aliphatic carboxylic acids is 1. The number of ether oxygens (including phenoxy) is 1. The maximum absolute atomic E-state index is 11.8. The van der Waals surface area contributed by atoms with E-state index >= 15 is 0 Å². The third kappa shape index (κ3) is 4.63. The average molecular weight is 276 g/mol. The van der Waals surface area contributed by atoms with Crippen LogP contribution in [0.25, 0.3) is 0 Å². The molecule has 96 valence electrons. The van der Waals surface area contributed by atoms with Gasteiger partial charge in [0.2, 0.25) is 0 Å². The van der Waals surface area contributed by atoms with Crippen molar-refractivity contribution in [2.45, 2.75) is 26.4 Å². The Morgan fingerprint density at radius 1 is 1.41 bits per heavy atom. The van der Waals surface area contributed by atoms with Crippen molar-refractivity contribution in [3.63, 3.8) is 0 Å². The highest BCUT2D eigenvalue weighted by molar-refractivity contribution is 8.09. The molecule has 0 saturated heterocycles. The SMILES string of the molecule is CC(C)(C)OC(=O)C(C(=O)O)C1=CSCCS1. The number of esters is 1. The molecule has 0 spiro atoms. The summed E-state index contributed by atoms with van der Waals surface area (Å²) in [6.07, 6.45) is 0. The monoisotopic (exact) mass is 276 g/mol. The van der Waals surface area contributed by atoms with E-state index in [1.807, 2.05) is 0 Å². The summed E-state index contributed by atoms with van der Waals surface area (Å²) in [7, 11) is 0. The van der Waals surface area contributed by atoms with Crippen molar-refractivity contribution in [3.05, 3.63) is 10.3 Å². The van der Waals surface area contributed by atoms with Gasteiger partial charge < -0.3 is 9.84 Å². The Kier molecular flexibility index (Phi) is 4.94. The van der Waals surface area contributed by atoms with E-state index in [-0.39, 0.29) is 0 Å². The summed E-state index contributed by atoms with van der Waals surface area (Å²) in [5, 5.41) is 10.9. The Bertz CT molecular complexity index is 344. The molecule has 1 atom stereocenters. The molecule has 1 rings (SSSR count). The summed E-state index contributed by atoms with van der Waals surface area (Å²) in [6.45, 7) is 5.17. The van der Waals surface area contributed by atoms with E-state index in [0.717, 1.165) is 11.5 Å². The number of hydrogen-bond donors (Lipinski definition) is 1. The Morgan fingerprint density at radius 3 is 2.47 bits per heavy atom. The molecule has 6 heteroatoms. The molecule has 0 aromatic rings. The predicted octanol–water partition coefficient (Wildman–Crippen LogP) is 2.35. The van der Waals surface area contributed by atoms with E-state index in [4.69, 9.17) is 9.84 Å². The molecule has 0 aliphatic carbocycles. The summed E-state index contributed by atoms with van der Waals surface area (Å²) in [4.78, 5) is 23.6. The zero-order chi connectivity index (χ0) is 13.1. The van der Waals surface area contributed by atoms with Crippen molar-refractivity contribution in [3.8, 4) is 0 Å². The third-order valence-corrected chi connectivity index (χ3v) is 4.21. The van der Waals surface area contributed by atoms with Crippen LogP contribution in [0.5, 0.6) is 0 Å². The van der Waals surface area contributed by atoms with Gasteiger partial charge in [-0.2, -0.15) is 0 Å². The summed E-state index contributed by atoms with van der Waals surface area (Å²) >= 11 is 2.94. The lowest BCUT2D eigenvalue weighted by Gasteiger charge is -2.24. The number of carboxylic acid groups (broad SMARTS) is 1. The van der Waals surface area contributed by atoms with Crippen LogP contribution in [0.15, 0.2) is 10.3 Å². The Balaban J connectivity index is 2.82. The molecule has 1 aliphatic rings. The fourth-order valence-electron chi connectivity index (χ4n) is 1.23. The van der Waals surface area contributed by atoms with Crippen LogP contribution < -0.4 is 0 Å². The molecule has 0 radical (unpaired) electrons. The minimum atomic E-state index is -1.19. The molecule has 17 heavy (non-hydrogen) atoms. The third-order valence-electron chi connectivity index (χ3n) is 1.84. The first kappa shape index (κ1) is 14.4. The molecule has 4 nitrogen and oxygen atoms in total. The number of rotatable bonds is 3. The van der Waals surface area contributed by atoms with Gasteiger partial charge in [0.15, 0.2) is 5.92 Å². The average Bonchev–Trinajstić information content (AvgIpc) is 2.15. The number of carboxylic acids is 1. The van der Waals surface area contributed by atoms with E-state index in [1.165, 1.54) is 23.5 Å². The zero-order valence-corrected chi connectivity index (χ0v) is 11.7. The molecule has 0 fully saturated rings. The molecule has 1 heterocycles. The minimum absolute atomic E-state index is 0.572. The predicted molar refractivity (Wildman–Crippen MR) is 70.0 cm³/mol. The van der Waals surface area contributed by atoms with Crippen molar-refractivity contribution in [1.29, 1.82) is 0 Å². The molecule has 1 N–H and O–H groups in total. The van der Waals surface area contributed by atoms with Crippen LogP contribution in [0.1, 0.15) is 20.8 Å². The van der Waals surface area contributed by atoms with Crippen molar-refractivity contribution >= 4 is 35.5 Å². The standard InChI is InChI=1S/C11H16O4S2/c1-11(2,3)15-10(14)8(9(12)13)7-6-16-4-5-17-7/h6,8H,4-5H2,1-3H3,(H,12,13). The van der Waals surface area contributed by atoms with Crippen molar-refractivity contribution < 1.29 is 19.4 Å². The van der Waals surface area contributed by atoms with E-state index in [2.05, 4.69) is 0 Å². The summed E-state index contributed by atoms with van der Waals surface area (Å²) in [6, 6.07) is 0. The number of carbonyl (C=O) groups excluding carboxylic acids is 1. The van der Waals surface area contributed by atoms with Crippen molar-refractivity contribution in [2.75, 3.05) is 11.5 Å². The van der Waals surface area contributed by atoms with E-state index < -0.39 is 23.5 Å². The second kappa shape index (κ2) is 5.82. The van der Waals surface area contributed by atoms with Gasteiger partial charge in [-0.25, -0.2) is 0 Å². The van der Waals surface area contributed by atoms with Crippen LogP contribution in [0.3, 0.4) is 0 Å². The van der Waals surface area contributed by atoms with Crippen LogP contribution in [-0.4, -0.2) is 34.2 Å². The highest BCUT2D eigenvalue weighted by atomic mass is 32.2. The summed E-state index contributed by atoms with van der Waals surface area (Å²) in [5.74, 6) is -1.27. The zero-order valence-electron chi connectivity index (χ0n) is 10.1. The fraction of sp³-hybridized carbons (Fsp3) is 0.636. The normalized spacial score (nSPS) is 18.2. The van der Waals surface area contributed by atoms with Gasteiger partial charge in [0.05, 0.1) is 0 Å². The minimum Gasteiger partial charge on any atom is -0.480 e. The first-order valence-corrected chi connectivity index (χ1v) is 7.25. The molecule has 1 unspecified atom stereocenters. The van der Waals surface area contributed by atoms with Gasteiger partial charge in [-0.15, -0.1) is 23.5 Å². The number of thioether (sulfide) groups is 2. The quantitative estimate of drug-likeness (QED) is 0.630. The lowest BCUT2D eigenvalue weighted by Crippen LogP contribution is -2.33. The topological polar surface area (TPSA) is 63.6 Å². The van der Waals surface area contributed by atoms with Crippen molar-refractivity contribution in [1.82, 2.24) is 0 Å². The van der Waals surface area contributed by atoms with Gasteiger partial charge in [-0.05, 0) is 26.2 Å². The second-order valence-corrected chi connectivity index (χ2v) is 6.69. The molecule has 0 saturated carbocycles. The first-order chi connectivity index (χ1) is 7.81. The summed E-state index contributed by atoms with van der Waals surface area (Å²) in [5.41, 5.74) is -0.669. The fourth-order valence-corrected chi connectivity index (χ4v) is 3.45. The number of hydrogen-bond acceptors (Lipinski definition) is 5. The van der Waals surface area contributed by atoms with Crippen molar-refractivity contribution in [2.24, 2.45) is 5.92 Å². The van der Waals surface area contributed by atoms with Crippen LogP contribution >= 0.6 is 23.5 Å². The molecule has 0 amide bonds. The Morgan fingerprint density at radius 2 is 2.06 bits per heavy atom. The van der Waals surface area contributed by atoms with Crippen LogP contribution in [0.4, 0.5) is 0 Å². The highest BCUT2D eigenvalue weighted by Crippen LogP contribution is 2.33. The Hall–Kier alpha value is -0.620. The lowest BCUT2D eigenvalue weighted by atomic mass is 10.1. The number of carbonyl (C=O) groups is 2. The van der Waals surface area contributed by atoms with Gasteiger partial charge in [0.1, 0.15) is 5.60 Å². The molecule has 0 aromatic carbocycles. The smallest absolute Gasteiger partial charge is 0.325 e. The van der Waals surface area contributed by atoms with Gasteiger partial charge in [-0.3, -0.25) is 9.59 Å². The second-order valence-electron chi connectivity index (χ2n) is 4.54. The van der Waals surface area contributed by atoms with E-state index in [0.29, 0.717) is 4.91 Å². The van der Waals surface area contributed by atoms with E-state index in [1.54, 1.807) is 26.2 Å². The molecule has 1 aliphatic heterocycles. The lowest BCUT2D eigenvalue weighted by molar-refractivity contribution is -0.164.